The lowest BCUT2D eigenvalue weighted by molar-refractivity contribution is -0.129. The number of likely N-dealkylation sites (tertiary alicyclic amines) is 1. The van der Waals surface area contributed by atoms with Crippen LogP contribution in [0.1, 0.15) is 32.6 Å². The van der Waals surface area contributed by atoms with Gasteiger partial charge in [-0.05, 0) is 25.7 Å². The number of nitrogens with zero attached hydrogens (tertiary/aromatic N) is 1. The molecule has 0 aliphatic carbocycles. The lowest BCUT2D eigenvalue weighted by atomic mass is 10.0. The Morgan fingerprint density at radius 3 is 2.06 bits per heavy atom. The highest BCUT2D eigenvalue weighted by Gasteiger charge is 2.27. The maximum atomic E-state index is 11.3. The summed E-state index contributed by atoms with van der Waals surface area (Å²) in [5.41, 5.74) is 0. The van der Waals surface area contributed by atoms with Gasteiger partial charge >= 0.3 is 0 Å². The number of rotatable bonds is 2. The van der Waals surface area contributed by atoms with Gasteiger partial charge in [0.1, 0.15) is 9.84 Å². The molecule has 0 spiro atoms. The number of nitrogens with one attached hydrogen (secondary N) is 1. The van der Waals surface area contributed by atoms with Crippen molar-refractivity contribution < 1.29 is 13.2 Å². The summed E-state index contributed by atoms with van der Waals surface area (Å²) in [4.78, 5) is 13.1. The van der Waals surface area contributed by atoms with E-state index >= 15 is 0 Å². The Morgan fingerprint density at radius 1 is 1.06 bits per heavy atom. The molecule has 2 aliphatic heterocycles. The van der Waals surface area contributed by atoms with E-state index in [1.807, 2.05) is 4.90 Å². The molecule has 104 valence electrons. The summed E-state index contributed by atoms with van der Waals surface area (Å²) in [6, 6.07) is 0.772. The maximum absolute atomic E-state index is 11.3. The van der Waals surface area contributed by atoms with Gasteiger partial charge in [-0.3, -0.25) is 4.79 Å². The van der Waals surface area contributed by atoms with Crippen LogP contribution in [0.5, 0.6) is 0 Å². The van der Waals surface area contributed by atoms with Gasteiger partial charge in [-0.1, -0.05) is 0 Å². The fourth-order valence-corrected chi connectivity index (χ4v) is 4.24. The Kier molecular flexibility index (Phi) is 4.27. The summed E-state index contributed by atoms with van der Waals surface area (Å²) in [5, 5.41) is 3.55. The van der Waals surface area contributed by atoms with Crippen LogP contribution in [-0.2, 0) is 14.6 Å². The minimum Gasteiger partial charge on any atom is -0.343 e. The van der Waals surface area contributed by atoms with Crippen LogP contribution < -0.4 is 5.32 Å². The summed E-state index contributed by atoms with van der Waals surface area (Å²) >= 11 is 0. The molecule has 2 rings (SSSR count). The Labute approximate surface area is 109 Å². The zero-order chi connectivity index (χ0) is 13.2. The molecule has 0 atom stereocenters. The Morgan fingerprint density at radius 2 is 1.56 bits per heavy atom. The van der Waals surface area contributed by atoms with E-state index in [0.717, 1.165) is 38.8 Å². The van der Waals surface area contributed by atoms with Crippen molar-refractivity contribution in [3.05, 3.63) is 0 Å². The van der Waals surface area contributed by atoms with E-state index in [1.54, 1.807) is 6.92 Å². The zero-order valence-corrected chi connectivity index (χ0v) is 11.7. The van der Waals surface area contributed by atoms with Crippen molar-refractivity contribution >= 4 is 15.7 Å². The predicted octanol–water partition coefficient (Wildman–Crippen LogP) is 0.164. The zero-order valence-electron chi connectivity index (χ0n) is 10.9. The average Bonchev–Trinajstić information content (AvgIpc) is 2.33. The largest absolute Gasteiger partial charge is 0.343 e. The van der Waals surface area contributed by atoms with Crippen molar-refractivity contribution in [2.24, 2.45) is 0 Å². The molecule has 0 radical (unpaired) electrons. The number of piperidine rings is 1. The van der Waals surface area contributed by atoms with Crippen LogP contribution in [-0.4, -0.2) is 55.9 Å². The second kappa shape index (κ2) is 5.57. The van der Waals surface area contributed by atoms with Crippen molar-refractivity contribution in [2.75, 3.05) is 24.6 Å². The number of carbonyl (C=O) groups is 1. The summed E-state index contributed by atoms with van der Waals surface area (Å²) in [5.74, 6) is 0.783. The van der Waals surface area contributed by atoms with Gasteiger partial charge in [-0.2, -0.15) is 0 Å². The highest BCUT2D eigenvalue weighted by molar-refractivity contribution is 7.91. The molecular weight excluding hydrogens is 252 g/mol. The highest BCUT2D eigenvalue weighted by Crippen LogP contribution is 2.16. The van der Waals surface area contributed by atoms with E-state index in [4.69, 9.17) is 0 Å². The third kappa shape index (κ3) is 3.68. The van der Waals surface area contributed by atoms with E-state index < -0.39 is 9.84 Å². The molecule has 6 heteroatoms. The van der Waals surface area contributed by atoms with E-state index in [1.165, 1.54) is 0 Å². The van der Waals surface area contributed by atoms with Crippen LogP contribution in [0.25, 0.3) is 0 Å². The Balaban J connectivity index is 1.74. The quantitative estimate of drug-likeness (QED) is 0.779. The molecule has 2 fully saturated rings. The smallest absolute Gasteiger partial charge is 0.219 e. The number of sulfone groups is 1. The van der Waals surface area contributed by atoms with Gasteiger partial charge in [0, 0.05) is 32.1 Å². The molecule has 18 heavy (non-hydrogen) atoms. The highest BCUT2D eigenvalue weighted by atomic mass is 32.2. The van der Waals surface area contributed by atoms with Crippen LogP contribution in [0.4, 0.5) is 0 Å². The fraction of sp³-hybridized carbons (Fsp3) is 0.917. The molecule has 2 aliphatic rings. The number of amides is 1. The SMILES string of the molecule is CC(=O)N1CCC(NC2CCS(=O)(=O)CC2)CC1. The molecule has 1 N–H and O–H groups in total. The first-order valence-corrected chi connectivity index (χ1v) is 8.50. The third-order valence-electron chi connectivity index (χ3n) is 3.97. The lowest BCUT2D eigenvalue weighted by Crippen LogP contribution is -2.49. The summed E-state index contributed by atoms with van der Waals surface area (Å²) in [7, 11) is -2.77. The molecule has 0 bridgehead atoms. The molecule has 0 aromatic rings. The fourth-order valence-electron chi connectivity index (χ4n) is 2.75. The monoisotopic (exact) mass is 274 g/mol. The second-order valence-corrected chi connectivity index (χ2v) is 7.68. The standard InChI is InChI=1S/C12H22N2O3S/c1-10(15)14-6-2-11(3-7-14)13-12-4-8-18(16,17)9-5-12/h11-13H,2-9H2,1H3. The van der Waals surface area contributed by atoms with Gasteiger partial charge in [0.25, 0.3) is 0 Å². The number of carbonyl (C=O) groups excluding carboxylic acids is 1. The molecule has 0 aromatic heterocycles. The summed E-state index contributed by atoms with van der Waals surface area (Å²) < 4.78 is 22.7. The van der Waals surface area contributed by atoms with E-state index in [0.29, 0.717) is 23.6 Å². The van der Waals surface area contributed by atoms with E-state index in [-0.39, 0.29) is 5.91 Å². The topological polar surface area (TPSA) is 66.5 Å². The summed E-state index contributed by atoms with van der Waals surface area (Å²) in [6.07, 6.45) is 3.41. The lowest BCUT2D eigenvalue weighted by Gasteiger charge is -2.35. The first-order valence-electron chi connectivity index (χ1n) is 6.68. The second-order valence-electron chi connectivity index (χ2n) is 5.37. The van der Waals surface area contributed by atoms with Crippen molar-refractivity contribution in [1.82, 2.24) is 10.2 Å². The molecule has 1 amide bonds. The average molecular weight is 274 g/mol. The van der Waals surface area contributed by atoms with Gasteiger partial charge in [0.05, 0.1) is 11.5 Å². The maximum Gasteiger partial charge on any atom is 0.219 e. The summed E-state index contributed by atoms with van der Waals surface area (Å²) in [6.45, 7) is 3.25. The van der Waals surface area contributed by atoms with Crippen molar-refractivity contribution in [1.29, 1.82) is 0 Å². The van der Waals surface area contributed by atoms with Gasteiger partial charge < -0.3 is 10.2 Å². The van der Waals surface area contributed by atoms with Gasteiger partial charge in [-0.25, -0.2) is 8.42 Å². The third-order valence-corrected chi connectivity index (χ3v) is 5.68. The molecule has 0 unspecified atom stereocenters. The molecule has 2 heterocycles. The van der Waals surface area contributed by atoms with Crippen LogP contribution in [0.15, 0.2) is 0 Å². The minimum atomic E-state index is -2.77. The first kappa shape index (κ1) is 13.8. The number of hydrogen-bond donors (Lipinski definition) is 1. The van der Waals surface area contributed by atoms with E-state index in [2.05, 4.69) is 5.32 Å². The molecule has 5 nitrogen and oxygen atoms in total. The van der Waals surface area contributed by atoms with Crippen LogP contribution in [0.2, 0.25) is 0 Å². The molecule has 2 saturated heterocycles. The number of hydrogen-bond acceptors (Lipinski definition) is 4. The van der Waals surface area contributed by atoms with Crippen molar-refractivity contribution in [3.63, 3.8) is 0 Å². The van der Waals surface area contributed by atoms with Gasteiger partial charge in [0.15, 0.2) is 0 Å². The van der Waals surface area contributed by atoms with Crippen molar-refractivity contribution in [2.45, 2.75) is 44.7 Å². The van der Waals surface area contributed by atoms with Crippen molar-refractivity contribution in [3.8, 4) is 0 Å². The molecule has 0 saturated carbocycles. The molecule has 0 aromatic carbocycles. The van der Waals surface area contributed by atoms with Crippen LogP contribution >= 0.6 is 0 Å². The van der Waals surface area contributed by atoms with E-state index in [9.17, 15) is 13.2 Å². The first-order chi connectivity index (χ1) is 8.46. The Bertz CT molecular complexity index is 386. The van der Waals surface area contributed by atoms with Gasteiger partial charge in [-0.15, -0.1) is 0 Å². The molecular formula is C12H22N2O3S. The van der Waals surface area contributed by atoms with Gasteiger partial charge in [0.2, 0.25) is 5.91 Å². The Hall–Kier alpha value is -0.620. The van der Waals surface area contributed by atoms with Crippen LogP contribution in [0.3, 0.4) is 0 Å². The minimum absolute atomic E-state index is 0.150. The van der Waals surface area contributed by atoms with Crippen LogP contribution in [0, 0.1) is 0 Å². The predicted molar refractivity (Wildman–Crippen MR) is 70.1 cm³/mol. The normalized spacial score (nSPS) is 26.2.